The summed E-state index contributed by atoms with van der Waals surface area (Å²) >= 11 is 0. The van der Waals surface area contributed by atoms with Gasteiger partial charge in [-0.15, -0.1) is 4.99 Å². The van der Waals surface area contributed by atoms with Gasteiger partial charge in [0.25, 0.3) is 0 Å². The predicted octanol–water partition coefficient (Wildman–Crippen LogP) is 0.871. The Morgan fingerprint density at radius 3 is 2.09 bits per heavy atom. The van der Waals surface area contributed by atoms with Gasteiger partial charge in [-0.05, 0) is 5.92 Å². The summed E-state index contributed by atoms with van der Waals surface area (Å²) in [7, 11) is 3.08. The molecule has 1 heterocycles. The van der Waals surface area contributed by atoms with Gasteiger partial charge in [0.15, 0.2) is 0 Å². The first-order valence-electron chi connectivity index (χ1n) is 6.66. The fourth-order valence-electron chi connectivity index (χ4n) is 2.09. The molecule has 22 heavy (non-hydrogen) atoms. The van der Waals surface area contributed by atoms with Gasteiger partial charge in [-0.1, -0.05) is 13.8 Å². The first kappa shape index (κ1) is 17.5. The molecule has 0 aromatic rings. The van der Waals surface area contributed by atoms with Gasteiger partial charge in [0.2, 0.25) is 5.96 Å². The smallest absolute Gasteiger partial charge is 0.434 e. The molecule has 1 aliphatic heterocycles. The number of aliphatic imine (C=N–C) groups is 1. The van der Waals surface area contributed by atoms with Crippen LogP contribution >= 0.6 is 0 Å². The summed E-state index contributed by atoms with van der Waals surface area (Å²) in [5, 5.41) is 18.3. The van der Waals surface area contributed by atoms with Crippen molar-refractivity contribution in [2.24, 2.45) is 10.9 Å². The third kappa shape index (κ3) is 4.24. The Labute approximate surface area is 128 Å². The van der Waals surface area contributed by atoms with E-state index in [1.54, 1.807) is 0 Å². The van der Waals surface area contributed by atoms with E-state index in [0.29, 0.717) is 0 Å². The zero-order valence-electron chi connectivity index (χ0n) is 13.1. The maximum atomic E-state index is 11.7. The second kappa shape index (κ2) is 6.96. The van der Waals surface area contributed by atoms with Crippen LogP contribution in [0.15, 0.2) is 4.99 Å². The summed E-state index contributed by atoms with van der Waals surface area (Å²) in [4.78, 5) is 42.6. The third-order valence-electron chi connectivity index (χ3n) is 2.92. The molecule has 0 radical (unpaired) electrons. The first-order chi connectivity index (χ1) is 10.1. The van der Waals surface area contributed by atoms with Crippen LogP contribution < -0.4 is 0 Å². The lowest BCUT2D eigenvalue weighted by Gasteiger charge is -2.41. The van der Waals surface area contributed by atoms with E-state index in [9.17, 15) is 19.5 Å². The number of rotatable bonds is 2. The van der Waals surface area contributed by atoms with Crippen LogP contribution in [0.2, 0.25) is 0 Å². The fraction of sp³-hybridized carbons (Fsp3) is 0.667. The third-order valence-corrected chi connectivity index (χ3v) is 2.92. The quantitative estimate of drug-likeness (QED) is 0.577. The van der Waals surface area contributed by atoms with E-state index >= 15 is 0 Å². The molecule has 0 atom stereocenters. The minimum absolute atomic E-state index is 0.0167. The van der Waals surface area contributed by atoms with E-state index in [1.165, 1.54) is 28.8 Å². The standard InChI is InChI=1S/C12H21N5O5/c1-8(2)5-17(12(21)22)9(13-10(18)19)16-6-14(3)11(20)15(4)7-16/h8H,5-7H2,1-4H3,(H,18,19)(H,21,22)/b13-9+. The van der Waals surface area contributed by atoms with Crippen LogP contribution in [0.4, 0.5) is 14.4 Å². The van der Waals surface area contributed by atoms with Gasteiger partial charge in [0, 0.05) is 20.6 Å². The summed E-state index contributed by atoms with van der Waals surface area (Å²) < 4.78 is 0. The molecular weight excluding hydrogens is 294 g/mol. The molecule has 0 aliphatic carbocycles. The molecule has 2 N–H and O–H groups in total. The Morgan fingerprint density at radius 1 is 1.23 bits per heavy atom. The molecule has 0 bridgehead atoms. The van der Waals surface area contributed by atoms with Crippen LogP contribution in [-0.2, 0) is 0 Å². The minimum Gasteiger partial charge on any atom is -0.465 e. The number of carbonyl (C=O) groups excluding carboxylic acids is 1. The largest absolute Gasteiger partial charge is 0.465 e. The number of hydrogen-bond acceptors (Lipinski definition) is 3. The van der Waals surface area contributed by atoms with Gasteiger partial charge in [0.1, 0.15) is 0 Å². The fourth-order valence-corrected chi connectivity index (χ4v) is 2.09. The Kier molecular flexibility index (Phi) is 5.55. The number of amides is 4. The van der Waals surface area contributed by atoms with Crippen molar-refractivity contribution in [3.8, 4) is 0 Å². The lowest BCUT2D eigenvalue weighted by molar-refractivity contribution is 0.0847. The number of carboxylic acid groups (broad SMARTS) is 2. The molecule has 4 amide bonds. The predicted molar refractivity (Wildman–Crippen MR) is 77.5 cm³/mol. The highest BCUT2D eigenvalue weighted by Gasteiger charge is 2.32. The first-order valence-corrected chi connectivity index (χ1v) is 6.66. The van der Waals surface area contributed by atoms with Crippen LogP contribution in [0.1, 0.15) is 13.8 Å². The van der Waals surface area contributed by atoms with Gasteiger partial charge < -0.3 is 24.9 Å². The van der Waals surface area contributed by atoms with Crippen molar-refractivity contribution in [3.05, 3.63) is 0 Å². The molecule has 0 spiro atoms. The van der Waals surface area contributed by atoms with Crippen LogP contribution in [0.5, 0.6) is 0 Å². The SMILES string of the molecule is CC(C)CN(C(=O)O)/C(=N/C(=O)O)N1CN(C)C(=O)N(C)C1. The average Bonchev–Trinajstić information content (AvgIpc) is 2.38. The molecule has 0 aromatic carbocycles. The van der Waals surface area contributed by atoms with E-state index in [2.05, 4.69) is 4.99 Å². The summed E-state index contributed by atoms with van der Waals surface area (Å²) in [6, 6.07) is -0.239. The van der Waals surface area contributed by atoms with E-state index in [4.69, 9.17) is 5.11 Å². The summed E-state index contributed by atoms with van der Waals surface area (Å²) in [6.45, 7) is 3.83. The lowest BCUT2D eigenvalue weighted by Crippen LogP contribution is -2.60. The molecule has 1 saturated heterocycles. The van der Waals surface area contributed by atoms with Crippen molar-refractivity contribution in [2.45, 2.75) is 13.8 Å². The van der Waals surface area contributed by atoms with Gasteiger partial charge in [0.05, 0.1) is 13.3 Å². The average molecular weight is 315 g/mol. The number of nitrogens with zero attached hydrogens (tertiary/aromatic N) is 5. The number of urea groups is 1. The van der Waals surface area contributed by atoms with Gasteiger partial charge in [-0.3, -0.25) is 0 Å². The number of guanidine groups is 1. The molecule has 10 nitrogen and oxygen atoms in total. The summed E-state index contributed by atoms with van der Waals surface area (Å²) in [5.74, 6) is -0.225. The normalized spacial score (nSPS) is 16.3. The molecule has 0 aromatic heterocycles. The molecule has 1 aliphatic rings. The topological polar surface area (TPSA) is 117 Å². The zero-order chi connectivity index (χ0) is 17.0. The van der Waals surface area contributed by atoms with Crippen molar-refractivity contribution in [3.63, 3.8) is 0 Å². The number of hydrogen-bond donors (Lipinski definition) is 2. The highest BCUT2D eigenvalue weighted by molar-refractivity contribution is 5.98. The van der Waals surface area contributed by atoms with Crippen molar-refractivity contribution in [2.75, 3.05) is 34.0 Å². The van der Waals surface area contributed by atoms with Crippen molar-refractivity contribution in [1.29, 1.82) is 0 Å². The van der Waals surface area contributed by atoms with Crippen molar-refractivity contribution >= 4 is 24.2 Å². The van der Waals surface area contributed by atoms with Gasteiger partial charge in [-0.25, -0.2) is 19.3 Å². The van der Waals surface area contributed by atoms with Crippen LogP contribution in [0.3, 0.4) is 0 Å². The highest BCUT2D eigenvalue weighted by atomic mass is 16.4. The Morgan fingerprint density at radius 2 is 1.73 bits per heavy atom. The van der Waals surface area contributed by atoms with Crippen LogP contribution in [0.25, 0.3) is 0 Å². The summed E-state index contributed by atoms with van der Waals surface area (Å²) in [5.41, 5.74) is 0. The second-order valence-electron chi connectivity index (χ2n) is 5.48. The minimum atomic E-state index is -1.49. The van der Waals surface area contributed by atoms with E-state index in [1.807, 2.05) is 13.8 Å². The Hall–Kier alpha value is -2.52. The van der Waals surface area contributed by atoms with E-state index < -0.39 is 12.2 Å². The maximum Gasteiger partial charge on any atom is 0.434 e. The lowest BCUT2D eigenvalue weighted by atomic mass is 10.2. The molecule has 0 saturated carbocycles. The molecule has 1 fully saturated rings. The zero-order valence-corrected chi connectivity index (χ0v) is 13.1. The van der Waals surface area contributed by atoms with Gasteiger partial charge in [-0.2, -0.15) is 0 Å². The monoisotopic (exact) mass is 315 g/mol. The van der Waals surface area contributed by atoms with Crippen LogP contribution in [-0.4, -0.2) is 88.0 Å². The van der Waals surface area contributed by atoms with Crippen LogP contribution in [0, 0.1) is 5.92 Å². The molecular formula is C12H21N5O5. The molecule has 124 valence electrons. The second-order valence-corrected chi connectivity index (χ2v) is 5.48. The van der Waals surface area contributed by atoms with E-state index in [0.717, 1.165) is 4.90 Å². The molecule has 0 unspecified atom stereocenters. The summed E-state index contributed by atoms with van der Waals surface area (Å²) in [6.07, 6.45) is -2.79. The molecule has 1 rings (SSSR count). The van der Waals surface area contributed by atoms with E-state index in [-0.39, 0.29) is 37.8 Å². The Bertz CT molecular complexity index is 478. The van der Waals surface area contributed by atoms with Crippen molar-refractivity contribution < 1.29 is 24.6 Å². The maximum absolute atomic E-state index is 11.7. The van der Waals surface area contributed by atoms with Gasteiger partial charge >= 0.3 is 18.2 Å². The Balaban J connectivity index is 3.14. The molecule has 10 heteroatoms. The highest BCUT2D eigenvalue weighted by Crippen LogP contribution is 2.12. The van der Waals surface area contributed by atoms with Crippen molar-refractivity contribution in [1.82, 2.24) is 19.6 Å². The number of carbonyl (C=O) groups is 3.